The number of urea groups is 1. The van der Waals surface area contributed by atoms with Gasteiger partial charge in [0.1, 0.15) is 0 Å². The summed E-state index contributed by atoms with van der Waals surface area (Å²) in [5.41, 5.74) is 4.68. The van der Waals surface area contributed by atoms with Gasteiger partial charge in [-0.3, -0.25) is 9.69 Å². The number of anilines is 2. The van der Waals surface area contributed by atoms with Crippen molar-refractivity contribution in [1.29, 1.82) is 0 Å². The van der Waals surface area contributed by atoms with E-state index in [1.165, 1.54) is 11.1 Å². The van der Waals surface area contributed by atoms with Crippen molar-refractivity contribution in [2.24, 2.45) is 0 Å². The number of carbonyl (C=O) groups is 2. The highest BCUT2D eigenvalue weighted by atomic mass is 16.2. The van der Waals surface area contributed by atoms with Crippen LogP contribution in [-0.2, 0) is 13.0 Å². The van der Waals surface area contributed by atoms with E-state index in [0.29, 0.717) is 17.8 Å². The smallest absolute Gasteiger partial charge is 0.319 e. The van der Waals surface area contributed by atoms with E-state index in [4.69, 9.17) is 0 Å². The lowest BCUT2D eigenvalue weighted by Gasteiger charge is -2.32. The molecule has 6 nitrogen and oxygen atoms in total. The largest absolute Gasteiger partial charge is 0.335 e. The van der Waals surface area contributed by atoms with Gasteiger partial charge in [0.2, 0.25) is 0 Å². The lowest BCUT2D eigenvalue weighted by atomic mass is 10.0. The molecule has 2 N–H and O–H groups in total. The van der Waals surface area contributed by atoms with E-state index in [1.807, 2.05) is 41.3 Å². The van der Waals surface area contributed by atoms with Gasteiger partial charge in [0.15, 0.2) is 0 Å². The molecule has 3 aromatic carbocycles. The molecule has 3 aromatic rings. The first-order valence-electron chi connectivity index (χ1n) is 12.0. The lowest BCUT2D eigenvalue weighted by molar-refractivity contribution is 0.0989. The minimum absolute atomic E-state index is 0.0419. The number of amides is 3. The predicted octanol–water partition coefficient (Wildman–Crippen LogP) is 4.68. The van der Waals surface area contributed by atoms with Crippen LogP contribution in [0.4, 0.5) is 16.2 Å². The van der Waals surface area contributed by atoms with Crippen LogP contribution in [0.1, 0.15) is 34.3 Å². The van der Waals surface area contributed by atoms with Crippen LogP contribution in [0.25, 0.3) is 0 Å². The zero-order valence-electron chi connectivity index (χ0n) is 19.2. The highest BCUT2D eigenvalue weighted by Gasteiger charge is 2.25. The first kappa shape index (κ1) is 22.2. The molecule has 2 aliphatic rings. The molecule has 3 amide bonds. The Labute approximate surface area is 200 Å². The van der Waals surface area contributed by atoms with Gasteiger partial charge in [0.05, 0.1) is 0 Å². The average molecular weight is 455 g/mol. The summed E-state index contributed by atoms with van der Waals surface area (Å²) in [5, 5.41) is 6.01. The maximum atomic E-state index is 13.1. The van der Waals surface area contributed by atoms with Crippen LogP contribution in [0.15, 0.2) is 78.9 Å². The van der Waals surface area contributed by atoms with E-state index in [9.17, 15) is 9.59 Å². The molecule has 1 fully saturated rings. The minimum Gasteiger partial charge on any atom is -0.335 e. The second kappa shape index (κ2) is 10.1. The third-order valence-electron chi connectivity index (χ3n) is 6.67. The lowest BCUT2D eigenvalue weighted by Crippen LogP contribution is -2.45. The molecule has 0 radical (unpaired) electrons. The molecule has 5 rings (SSSR count). The number of carbonyl (C=O) groups excluding carboxylic acids is 2. The summed E-state index contributed by atoms with van der Waals surface area (Å²) >= 11 is 0. The Morgan fingerprint density at radius 2 is 1.62 bits per heavy atom. The summed E-state index contributed by atoms with van der Waals surface area (Å²) < 4.78 is 0. The fourth-order valence-corrected chi connectivity index (χ4v) is 4.86. The second-order valence-electron chi connectivity index (χ2n) is 9.05. The first-order valence-corrected chi connectivity index (χ1v) is 12.0. The monoisotopic (exact) mass is 454 g/mol. The van der Waals surface area contributed by atoms with Gasteiger partial charge in [-0.25, -0.2) is 4.79 Å². The summed E-state index contributed by atoms with van der Waals surface area (Å²) in [6, 6.07) is 25.6. The minimum atomic E-state index is -0.224. The number of likely N-dealkylation sites (tertiary alicyclic amines) is 1. The predicted molar refractivity (Wildman–Crippen MR) is 135 cm³/mol. The number of rotatable bonds is 5. The van der Waals surface area contributed by atoms with Crippen LogP contribution in [-0.4, -0.2) is 42.5 Å². The standard InChI is InChI=1S/C28H30N4O2/c33-27(32-18-13-22-9-4-5-12-26(22)32)23-10-6-11-25(19-23)30-28(34)29-24-14-16-31(17-15-24)20-21-7-2-1-3-8-21/h1-12,19,24H,13-18,20H2,(H2,29,30,34). The molecule has 34 heavy (non-hydrogen) atoms. The molecule has 0 aliphatic carbocycles. The number of fused-ring (bicyclic) bond motifs is 1. The second-order valence-corrected chi connectivity index (χ2v) is 9.05. The van der Waals surface area contributed by atoms with Crippen LogP contribution in [0, 0.1) is 0 Å². The molecule has 1 saturated heterocycles. The molecule has 0 atom stereocenters. The SMILES string of the molecule is O=C(Nc1cccc(C(=O)N2CCc3ccccc32)c1)NC1CCN(Cc2ccccc2)CC1. The molecular formula is C28H30N4O2. The Balaban J connectivity index is 1.13. The Kier molecular flexibility index (Phi) is 6.58. The van der Waals surface area contributed by atoms with Crippen molar-refractivity contribution in [3.63, 3.8) is 0 Å². The molecule has 0 aromatic heterocycles. The Morgan fingerprint density at radius 3 is 2.44 bits per heavy atom. The highest BCUT2D eigenvalue weighted by molar-refractivity contribution is 6.08. The summed E-state index contributed by atoms with van der Waals surface area (Å²) in [7, 11) is 0. The van der Waals surface area contributed by atoms with Gasteiger partial charge in [-0.2, -0.15) is 0 Å². The molecular weight excluding hydrogens is 424 g/mol. The maximum absolute atomic E-state index is 13.1. The van der Waals surface area contributed by atoms with Crippen molar-refractivity contribution in [3.05, 3.63) is 95.6 Å². The number of nitrogens with zero attached hydrogens (tertiary/aromatic N) is 2. The average Bonchev–Trinajstić information content (AvgIpc) is 3.30. The van der Waals surface area contributed by atoms with E-state index >= 15 is 0 Å². The van der Waals surface area contributed by atoms with Gasteiger partial charge in [0.25, 0.3) is 5.91 Å². The maximum Gasteiger partial charge on any atom is 0.319 e. The Hall–Kier alpha value is -3.64. The third-order valence-corrected chi connectivity index (χ3v) is 6.67. The number of nitrogens with one attached hydrogen (secondary N) is 2. The number of piperidine rings is 1. The van der Waals surface area contributed by atoms with Crippen molar-refractivity contribution in [2.45, 2.75) is 31.8 Å². The zero-order valence-corrected chi connectivity index (χ0v) is 19.2. The summed E-state index contributed by atoms with van der Waals surface area (Å²) in [6.45, 7) is 3.55. The van der Waals surface area contributed by atoms with Crippen molar-refractivity contribution < 1.29 is 9.59 Å². The van der Waals surface area contributed by atoms with Crippen LogP contribution >= 0.6 is 0 Å². The summed E-state index contributed by atoms with van der Waals surface area (Å²) in [5.74, 6) is -0.0419. The number of benzene rings is 3. The van der Waals surface area contributed by atoms with Gasteiger partial charge in [0, 0.05) is 49.2 Å². The van der Waals surface area contributed by atoms with Crippen LogP contribution < -0.4 is 15.5 Å². The summed E-state index contributed by atoms with van der Waals surface area (Å²) in [6.07, 6.45) is 2.72. The normalized spacial score (nSPS) is 16.2. The van der Waals surface area contributed by atoms with E-state index in [-0.39, 0.29) is 18.0 Å². The Morgan fingerprint density at radius 1 is 0.853 bits per heavy atom. The van der Waals surface area contributed by atoms with E-state index in [2.05, 4.69) is 45.9 Å². The molecule has 0 spiro atoms. The van der Waals surface area contributed by atoms with Crippen LogP contribution in [0.2, 0.25) is 0 Å². The van der Waals surface area contributed by atoms with Crippen molar-refractivity contribution in [3.8, 4) is 0 Å². The van der Waals surface area contributed by atoms with Crippen molar-refractivity contribution in [1.82, 2.24) is 10.2 Å². The molecule has 0 bridgehead atoms. The van der Waals surface area contributed by atoms with E-state index < -0.39 is 0 Å². The van der Waals surface area contributed by atoms with E-state index in [1.54, 1.807) is 12.1 Å². The van der Waals surface area contributed by atoms with Gasteiger partial charge in [-0.1, -0.05) is 54.6 Å². The number of hydrogen-bond donors (Lipinski definition) is 2. The number of para-hydroxylation sites is 1. The van der Waals surface area contributed by atoms with Gasteiger partial charge < -0.3 is 15.5 Å². The molecule has 0 saturated carbocycles. The molecule has 2 aliphatic heterocycles. The molecule has 6 heteroatoms. The third kappa shape index (κ3) is 5.13. The zero-order chi connectivity index (χ0) is 23.3. The fraction of sp³-hybridized carbons (Fsp3) is 0.286. The molecule has 2 heterocycles. The van der Waals surface area contributed by atoms with Gasteiger partial charge >= 0.3 is 6.03 Å². The highest BCUT2D eigenvalue weighted by Crippen LogP contribution is 2.29. The van der Waals surface area contributed by atoms with Crippen LogP contribution in [0.5, 0.6) is 0 Å². The fourth-order valence-electron chi connectivity index (χ4n) is 4.86. The quantitative estimate of drug-likeness (QED) is 0.589. The molecule has 174 valence electrons. The van der Waals surface area contributed by atoms with Crippen molar-refractivity contribution in [2.75, 3.05) is 29.9 Å². The van der Waals surface area contributed by atoms with Crippen LogP contribution in [0.3, 0.4) is 0 Å². The summed E-state index contributed by atoms with van der Waals surface area (Å²) in [4.78, 5) is 30.0. The first-order chi connectivity index (χ1) is 16.7. The van der Waals surface area contributed by atoms with Crippen molar-refractivity contribution >= 4 is 23.3 Å². The van der Waals surface area contributed by atoms with Gasteiger partial charge in [-0.15, -0.1) is 0 Å². The molecule has 0 unspecified atom stereocenters. The van der Waals surface area contributed by atoms with E-state index in [0.717, 1.165) is 44.6 Å². The number of hydrogen-bond acceptors (Lipinski definition) is 3. The topological polar surface area (TPSA) is 64.7 Å². The Bertz CT molecular complexity index is 1160. The van der Waals surface area contributed by atoms with Gasteiger partial charge in [-0.05, 0) is 54.7 Å².